The van der Waals surface area contributed by atoms with Gasteiger partial charge in [-0.15, -0.1) is 0 Å². The molecule has 0 radical (unpaired) electrons. The van der Waals surface area contributed by atoms with Crippen molar-refractivity contribution in [3.05, 3.63) is 59.1 Å². The monoisotopic (exact) mass is 454 g/mol. The molecule has 160 valence electrons. The molecule has 0 aromatic heterocycles. The number of anilines is 1. The van der Waals surface area contributed by atoms with Crippen LogP contribution in [0.25, 0.3) is 0 Å². The van der Waals surface area contributed by atoms with E-state index in [4.69, 9.17) is 21.6 Å². The number of carbonyl (C=O) groups is 2. The Hall–Kier alpha value is -2.64. The van der Waals surface area contributed by atoms with Crippen molar-refractivity contribution in [3.63, 3.8) is 0 Å². The van der Waals surface area contributed by atoms with Gasteiger partial charge in [-0.1, -0.05) is 61.8 Å². The maximum absolute atomic E-state index is 13.1. The zero-order valence-corrected chi connectivity index (χ0v) is 18.9. The number of carbonyl (C=O) groups excluding carboxylic acids is 2. The molecule has 2 amide bonds. The summed E-state index contributed by atoms with van der Waals surface area (Å²) >= 11 is 7.32. The van der Waals surface area contributed by atoms with Crippen LogP contribution in [-0.4, -0.2) is 39.0 Å². The van der Waals surface area contributed by atoms with Crippen LogP contribution in [0.5, 0.6) is 0 Å². The number of halogens is 1. The predicted molar refractivity (Wildman–Crippen MR) is 127 cm³/mol. The first-order valence-corrected chi connectivity index (χ1v) is 11.6. The second-order valence-electron chi connectivity index (χ2n) is 7.36. The Morgan fingerprint density at radius 3 is 2.77 bits per heavy atom. The lowest BCUT2D eigenvalue weighted by molar-refractivity contribution is -0.124. The minimum Gasteiger partial charge on any atom is -0.325 e. The molecule has 0 spiro atoms. The van der Waals surface area contributed by atoms with Gasteiger partial charge in [0.2, 0.25) is 5.91 Å². The average molecular weight is 455 g/mol. The molecule has 0 fully saturated rings. The third-order valence-electron chi connectivity index (χ3n) is 5.11. The van der Waals surface area contributed by atoms with Crippen LogP contribution in [0.1, 0.15) is 38.7 Å². The summed E-state index contributed by atoms with van der Waals surface area (Å²) in [6, 6.07) is 14.3. The van der Waals surface area contributed by atoms with Crippen LogP contribution in [-0.2, 0) is 9.59 Å². The fraction of sp³-hybridized carbons (Fsp3) is 0.304. The van der Waals surface area contributed by atoms with Crippen molar-refractivity contribution in [2.45, 2.75) is 44.4 Å². The van der Waals surface area contributed by atoms with Gasteiger partial charge in [0.15, 0.2) is 5.17 Å². The molecule has 2 aromatic carbocycles. The van der Waals surface area contributed by atoms with Crippen LogP contribution in [0.3, 0.4) is 0 Å². The lowest BCUT2D eigenvalue weighted by atomic mass is 10.1. The average Bonchev–Trinajstić information content (AvgIpc) is 3.09. The Morgan fingerprint density at radius 2 is 2.03 bits per heavy atom. The summed E-state index contributed by atoms with van der Waals surface area (Å²) in [6.45, 7) is 3.98. The van der Waals surface area contributed by atoms with Crippen LogP contribution in [0, 0.1) is 0 Å². The standard InChI is InChI=1S/C23H23ClN4O2S/c1-3-8-18-22(30)28-20(26-18)16-11-5-6-12-17(16)27-23(28)31-19(4-2)21(29)25-15-10-7-9-14(24)13-15/h5-7,9-13,18-19H,3-4,8H2,1-2H3,(H,25,29)/t18-,19-/m1/s1. The fourth-order valence-corrected chi connectivity index (χ4v) is 4.79. The summed E-state index contributed by atoms with van der Waals surface area (Å²) in [5.41, 5.74) is 2.24. The Balaban J connectivity index is 1.61. The zero-order chi connectivity index (χ0) is 22.0. The maximum Gasteiger partial charge on any atom is 0.259 e. The molecule has 31 heavy (non-hydrogen) atoms. The molecule has 2 atom stereocenters. The molecule has 1 N–H and O–H groups in total. The minimum atomic E-state index is -0.428. The van der Waals surface area contributed by atoms with E-state index in [0.717, 1.165) is 17.7 Å². The molecule has 8 heteroatoms. The second-order valence-corrected chi connectivity index (χ2v) is 8.96. The van der Waals surface area contributed by atoms with Gasteiger partial charge >= 0.3 is 0 Å². The Bertz CT molecular complexity index is 1080. The number of nitrogens with one attached hydrogen (secondary N) is 1. The number of thioether (sulfide) groups is 1. The summed E-state index contributed by atoms with van der Waals surface area (Å²) in [5.74, 6) is 0.385. The number of benzene rings is 2. The van der Waals surface area contributed by atoms with Gasteiger partial charge in [0.05, 0.1) is 10.9 Å². The molecule has 2 aliphatic rings. The maximum atomic E-state index is 13.1. The normalized spacial score (nSPS) is 18.1. The van der Waals surface area contributed by atoms with E-state index in [2.05, 4.69) is 5.32 Å². The van der Waals surface area contributed by atoms with Gasteiger partial charge in [0.25, 0.3) is 5.91 Å². The van der Waals surface area contributed by atoms with E-state index in [1.54, 1.807) is 29.2 Å². The van der Waals surface area contributed by atoms with E-state index < -0.39 is 11.3 Å². The molecule has 0 aliphatic carbocycles. The lowest BCUT2D eigenvalue weighted by Crippen LogP contribution is -2.42. The number of amidine groups is 2. The number of aliphatic imine (C=N–C) groups is 2. The topological polar surface area (TPSA) is 74.1 Å². The van der Waals surface area contributed by atoms with Gasteiger partial charge < -0.3 is 5.32 Å². The van der Waals surface area contributed by atoms with Crippen LogP contribution >= 0.6 is 23.4 Å². The van der Waals surface area contributed by atoms with E-state index >= 15 is 0 Å². The molecule has 6 nitrogen and oxygen atoms in total. The number of nitrogens with zero attached hydrogens (tertiary/aromatic N) is 3. The quantitative estimate of drug-likeness (QED) is 0.647. The molecule has 2 aromatic rings. The number of rotatable bonds is 6. The number of amides is 2. The summed E-state index contributed by atoms with van der Waals surface area (Å²) in [6.07, 6.45) is 2.12. The second kappa shape index (κ2) is 9.24. The van der Waals surface area contributed by atoms with Crippen LogP contribution in [0.2, 0.25) is 5.02 Å². The highest BCUT2D eigenvalue weighted by molar-refractivity contribution is 8.15. The van der Waals surface area contributed by atoms with Crippen molar-refractivity contribution in [1.82, 2.24) is 4.90 Å². The van der Waals surface area contributed by atoms with Crippen molar-refractivity contribution in [1.29, 1.82) is 0 Å². The summed E-state index contributed by atoms with van der Waals surface area (Å²) < 4.78 is 0. The molecule has 2 heterocycles. The number of hydrogen-bond acceptors (Lipinski definition) is 5. The third-order valence-corrected chi connectivity index (χ3v) is 6.66. The summed E-state index contributed by atoms with van der Waals surface area (Å²) in [5, 5.41) is 3.53. The summed E-state index contributed by atoms with van der Waals surface area (Å²) in [4.78, 5) is 37.1. The molecule has 0 bridgehead atoms. The van der Waals surface area contributed by atoms with Crippen molar-refractivity contribution in [3.8, 4) is 0 Å². The van der Waals surface area contributed by atoms with Crippen molar-refractivity contribution < 1.29 is 9.59 Å². The number of fused-ring (bicyclic) bond motifs is 3. The van der Waals surface area contributed by atoms with Crippen LogP contribution < -0.4 is 5.32 Å². The fourth-order valence-electron chi connectivity index (χ4n) is 3.58. The molecular formula is C23H23ClN4O2S. The van der Waals surface area contributed by atoms with Crippen LogP contribution in [0.15, 0.2) is 58.5 Å². The zero-order valence-electron chi connectivity index (χ0n) is 17.3. The SMILES string of the molecule is CCC[C@H]1N=C2c3ccccc3N=C(S[C@H](CC)C(=O)Nc3cccc(Cl)c3)N2C1=O. The largest absolute Gasteiger partial charge is 0.325 e. The van der Waals surface area contributed by atoms with E-state index in [1.165, 1.54) is 11.8 Å². The molecule has 0 saturated carbocycles. The van der Waals surface area contributed by atoms with Gasteiger partial charge in [-0.25, -0.2) is 9.89 Å². The predicted octanol–water partition coefficient (Wildman–Crippen LogP) is 5.25. The highest BCUT2D eigenvalue weighted by atomic mass is 35.5. The first-order chi connectivity index (χ1) is 15.0. The highest BCUT2D eigenvalue weighted by Crippen LogP contribution is 2.36. The van der Waals surface area contributed by atoms with E-state index in [0.29, 0.717) is 34.6 Å². The first kappa shape index (κ1) is 21.6. The van der Waals surface area contributed by atoms with Gasteiger partial charge in [-0.2, -0.15) is 0 Å². The summed E-state index contributed by atoms with van der Waals surface area (Å²) in [7, 11) is 0. The molecule has 0 saturated heterocycles. The molecule has 2 aliphatic heterocycles. The van der Waals surface area contributed by atoms with E-state index in [-0.39, 0.29) is 11.8 Å². The minimum absolute atomic E-state index is 0.0808. The van der Waals surface area contributed by atoms with E-state index in [9.17, 15) is 9.59 Å². The van der Waals surface area contributed by atoms with E-state index in [1.807, 2.05) is 38.1 Å². The Kier molecular flexibility index (Phi) is 6.43. The van der Waals surface area contributed by atoms with Gasteiger partial charge in [-0.3, -0.25) is 14.6 Å². The Labute approximate surface area is 190 Å². The van der Waals surface area contributed by atoms with Crippen molar-refractivity contribution in [2.24, 2.45) is 9.98 Å². The van der Waals surface area contributed by atoms with Crippen molar-refractivity contribution in [2.75, 3.05) is 5.32 Å². The van der Waals surface area contributed by atoms with Crippen LogP contribution in [0.4, 0.5) is 11.4 Å². The first-order valence-electron chi connectivity index (χ1n) is 10.3. The highest BCUT2D eigenvalue weighted by Gasteiger charge is 2.41. The number of hydrogen-bond donors (Lipinski definition) is 1. The van der Waals surface area contributed by atoms with Gasteiger partial charge in [0.1, 0.15) is 11.9 Å². The molecular weight excluding hydrogens is 432 g/mol. The third kappa shape index (κ3) is 4.38. The smallest absolute Gasteiger partial charge is 0.259 e. The Morgan fingerprint density at radius 1 is 1.23 bits per heavy atom. The van der Waals surface area contributed by atoms with Gasteiger partial charge in [-0.05, 0) is 43.2 Å². The van der Waals surface area contributed by atoms with Gasteiger partial charge in [0, 0.05) is 16.3 Å². The lowest BCUT2D eigenvalue weighted by Gasteiger charge is -2.27. The molecule has 0 unspecified atom stereocenters. The number of para-hydroxylation sites is 1. The molecule has 4 rings (SSSR count). The van der Waals surface area contributed by atoms with Crippen molar-refractivity contribution >= 4 is 57.6 Å².